The van der Waals surface area contributed by atoms with Gasteiger partial charge in [-0.25, -0.2) is 0 Å². The van der Waals surface area contributed by atoms with Crippen LogP contribution in [-0.4, -0.2) is 11.2 Å². The number of carbonyl (C=O) groups is 1. The summed E-state index contributed by atoms with van der Waals surface area (Å²) in [4.78, 5) is 10.9. The first kappa shape index (κ1) is 7.29. The van der Waals surface area contributed by atoms with Crippen LogP contribution in [0.3, 0.4) is 0 Å². The second kappa shape index (κ2) is 3.37. The van der Waals surface area contributed by atoms with Crippen LogP contribution in [0.4, 0.5) is 0 Å². The van der Waals surface area contributed by atoms with Crippen LogP contribution in [0, 0.1) is 0 Å². The minimum atomic E-state index is -0.499. The van der Waals surface area contributed by atoms with Crippen molar-refractivity contribution in [2.75, 3.05) is 0 Å². The van der Waals surface area contributed by atoms with Crippen LogP contribution in [0.25, 0.3) is 0 Å². The molecule has 2 heteroatoms. The van der Waals surface area contributed by atoms with Crippen LogP contribution in [0.15, 0.2) is 36.5 Å². The van der Waals surface area contributed by atoms with E-state index in [0.29, 0.717) is 0 Å². The van der Waals surface area contributed by atoms with E-state index in [1.54, 1.807) is 24.3 Å². The van der Waals surface area contributed by atoms with E-state index >= 15 is 0 Å². The Bertz CT molecular complexity index is 213. The van der Waals surface area contributed by atoms with Gasteiger partial charge < -0.3 is 0 Å². The summed E-state index contributed by atoms with van der Waals surface area (Å²) in [7, 11) is 0. The highest BCUT2D eigenvalue weighted by atomic mass is 35.5. The van der Waals surface area contributed by atoms with Crippen molar-refractivity contribution < 1.29 is 4.79 Å². The first-order chi connectivity index (χ1) is 4.80. The van der Waals surface area contributed by atoms with E-state index in [1.165, 1.54) is 6.08 Å². The number of allylic oxidation sites excluding steroid dienone is 6. The lowest BCUT2D eigenvalue weighted by atomic mass is 10.2. The van der Waals surface area contributed by atoms with E-state index in [9.17, 15) is 4.79 Å². The zero-order valence-corrected chi connectivity index (χ0v) is 6.08. The average Bonchev–Trinajstić information content (AvgIpc) is 1.92. The van der Waals surface area contributed by atoms with Crippen molar-refractivity contribution in [3.05, 3.63) is 36.5 Å². The monoisotopic (exact) mass is 154 g/mol. The number of halogens is 1. The standard InChI is InChI=1S/C8H7ClO/c9-7-5-3-1-2-4-6-8(7)10/h1-7H. The van der Waals surface area contributed by atoms with Crippen molar-refractivity contribution in [2.45, 2.75) is 5.38 Å². The Balaban J connectivity index is 2.81. The molecule has 0 aromatic rings. The summed E-state index contributed by atoms with van der Waals surface area (Å²) in [5.41, 5.74) is 0. The van der Waals surface area contributed by atoms with Gasteiger partial charge in [0.15, 0.2) is 5.78 Å². The normalized spacial score (nSPS) is 24.5. The summed E-state index contributed by atoms with van der Waals surface area (Å²) in [6.45, 7) is 0. The third-order valence-electron chi connectivity index (χ3n) is 1.15. The molecular formula is C8H7ClO. The van der Waals surface area contributed by atoms with Gasteiger partial charge in [-0.15, -0.1) is 11.6 Å². The molecule has 0 spiro atoms. The largest absolute Gasteiger partial charge is 0.293 e. The van der Waals surface area contributed by atoms with E-state index in [1.807, 2.05) is 6.08 Å². The van der Waals surface area contributed by atoms with Gasteiger partial charge in [0.25, 0.3) is 0 Å². The van der Waals surface area contributed by atoms with Gasteiger partial charge in [-0.3, -0.25) is 4.79 Å². The molecule has 1 nitrogen and oxygen atoms in total. The lowest BCUT2D eigenvalue weighted by Gasteiger charge is -1.97. The molecular weight excluding hydrogens is 148 g/mol. The maximum atomic E-state index is 10.9. The highest BCUT2D eigenvalue weighted by Crippen LogP contribution is 2.03. The van der Waals surface area contributed by atoms with Crippen LogP contribution in [0.1, 0.15) is 0 Å². The van der Waals surface area contributed by atoms with E-state index in [0.717, 1.165) is 0 Å². The molecule has 1 aliphatic rings. The number of carbonyl (C=O) groups excluding carboxylic acids is 1. The van der Waals surface area contributed by atoms with Crippen molar-refractivity contribution in [3.63, 3.8) is 0 Å². The number of rotatable bonds is 0. The van der Waals surface area contributed by atoms with Crippen molar-refractivity contribution in [2.24, 2.45) is 0 Å². The average molecular weight is 155 g/mol. The zero-order valence-electron chi connectivity index (χ0n) is 5.33. The van der Waals surface area contributed by atoms with Gasteiger partial charge in [0.1, 0.15) is 5.38 Å². The van der Waals surface area contributed by atoms with Gasteiger partial charge >= 0.3 is 0 Å². The molecule has 0 saturated carbocycles. The lowest BCUT2D eigenvalue weighted by Crippen LogP contribution is -2.07. The molecule has 0 heterocycles. The molecule has 0 aromatic heterocycles. The molecule has 1 unspecified atom stereocenters. The maximum Gasteiger partial charge on any atom is 0.177 e. The predicted molar refractivity (Wildman–Crippen MR) is 42.1 cm³/mol. The number of alkyl halides is 1. The SMILES string of the molecule is O=C1C=CC=CC=CC1Cl. The Morgan fingerprint density at radius 2 is 1.90 bits per heavy atom. The van der Waals surface area contributed by atoms with Crippen molar-refractivity contribution in [1.29, 1.82) is 0 Å². The Labute approximate surface area is 64.7 Å². The molecule has 0 fully saturated rings. The fourth-order valence-corrected chi connectivity index (χ4v) is 0.784. The Morgan fingerprint density at radius 1 is 1.20 bits per heavy atom. The molecule has 52 valence electrons. The second-order valence-corrected chi connectivity index (χ2v) is 2.40. The quantitative estimate of drug-likeness (QED) is 0.487. The summed E-state index contributed by atoms with van der Waals surface area (Å²) in [5, 5.41) is -0.499. The predicted octanol–water partition coefficient (Wildman–Crippen LogP) is 1.85. The highest BCUT2D eigenvalue weighted by molar-refractivity contribution is 6.34. The van der Waals surface area contributed by atoms with Gasteiger partial charge in [0.05, 0.1) is 0 Å². The summed E-state index contributed by atoms with van der Waals surface area (Å²) in [5.74, 6) is -0.0673. The van der Waals surface area contributed by atoms with Gasteiger partial charge in [-0.1, -0.05) is 30.4 Å². The topological polar surface area (TPSA) is 17.1 Å². The van der Waals surface area contributed by atoms with Crippen LogP contribution >= 0.6 is 11.6 Å². The van der Waals surface area contributed by atoms with Crippen molar-refractivity contribution >= 4 is 17.4 Å². The Kier molecular flexibility index (Phi) is 2.46. The van der Waals surface area contributed by atoms with E-state index in [-0.39, 0.29) is 5.78 Å². The summed E-state index contributed by atoms with van der Waals surface area (Å²) in [6, 6.07) is 0. The first-order valence-electron chi connectivity index (χ1n) is 3.00. The van der Waals surface area contributed by atoms with E-state index in [2.05, 4.69) is 0 Å². The van der Waals surface area contributed by atoms with Gasteiger partial charge in [0.2, 0.25) is 0 Å². The molecule has 0 N–H and O–H groups in total. The third kappa shape index (κ3) is 1.85. The molecule has 10 heavy (non-hydrogen) atoms. The summed E-state index contributed by atoms with van der Waals surface area (Å²) >= 11 is 5.62. The number of hydrogen-bond donors (Lipinski definition) is 0. The smallest absolute Gasteiger partial charge is 0.177 e. The minimum absolute atomic E-state index is 0.0673. The fourth-order valence-electron chi connectivity index (χ4n) is 0.627. The molecule has 0 aromatic carbocycles. The van der Waals surface area contributed by atoms with Gasteiger partial charge in [0, 0.05) is 0 Å². The van der Waals surface area contributed by atoms with Gasteiger partial charge in [-0.05, 0) is 6.08 Å². The van der Waals surface area contributed by atoms with Crippen LogP contribution in [-0.2, 0) is 4.79 Å². The van der Waals surface area contributed by atoms with Crippen molar-refractivity contribution in [1.82, 2.24) is 0 Å². The molecule has 0 aliphatic heterocycles. The molecule has 1 atom stereocenters. The van der Waals surface area contributed by atoms with Crippen molar-refractivity contribution in [3.8, 4) is 0 Å². The fraction of sp³-hybridized carbons (Fsp3) is 0.125. The summed E-state index contributed by atoms with van der Waals surface area (Å²) in [6.07, 6.45) is 10.2. The van der Waals surface area contributed by atoms with E-state index < -0.39 is 5.38 Å². The maximum absolute atomic E-state index is 10.9. The minimum Gasteiger partial charge on any atom is -0.293 e. The number of ketones is 1. The zero-order chi connectivity index (χ0) is 7.40. The molecule has 0 saturated heterocycles. The number of hydrogen-bond acceptors (Lipinski definition) is 1. The van der Waals surface area contributed by atoms with Gasteiger partial charge in [-0.2, -0.15) is 0 Å². The Morgan fingerprint density at radius 3 is 2.70 bits per heavy atom. The van der Waals surface area contributed by atoms with Crippen LogP contribution < -0.4 is 0 Å². The molecule has 0 bridgehead atoms. The van der Waals surface area contributed by atoms with Crippen LogP contribution in [0.2, 0.25) is 0 Å². The molecule has 1 aliphatic carbocycles. The lowest BCUT2D eigenvalue weighted by molar-refractivity contribution is -0.113. The first-order valence-corrected chi connectivity index (χ1v) is 3.44. The molecule has 1 rings (SSSR count). The third-order valence-corrected chi connectivity index (χ3v) is 1.51. The summed E-state index contributed by atoms with van der Waals surface area (Å²) < 4.78 is 0. The second-order valence-electron chi connectivity index (χ2n) is 1.93. The molecule has 0 radical (unpaired) electrons. The van der Waals surface area contributed by atoms with E-state index in [4.69, 9.17) is 11.6 Å². The Hall–Kier alpha value is -0.820. The highest BCUT2D eigenvalue weighted by Gasteiger charge is 2.06. The molecule has 0 amide bonds. The van der Waals surface area contributed by atoms with Crippen LogP contribution in [0.5, 0.6) is 0 Å².